The molecule has 0 saturated carbocycles. The number of amides is 5. The minimum atomic E-state index is -1.46. The van der Waals surface area contributed by atoms with Gasteiger partial charge in [-0.3, -0.25) is 4.79 Å². The monoisotopic (exact) mass is 524 g/mol. The molecule has 6 N–H and O–H groups in total. The quantitative estimate of drug-likeness (QED) is 0.230. The number of anilines is 3. The summed E-state index contributed by atoms with van der Waals surface area (Å²) in [5.74, 6) is -2.20. The van der Waals surface area contributed by atoms with E-state index in [-0.39, 0.29) is 52.8 Å². The number of rotatable bonds is 5. The summed E-state index contributed by atoms with van der Waals surface area (Å²) in [6.45, 7) is 0.251. The second-order valence-electron chi connectivity index (χ2n) is 7.74. The van der Waals surface area contributed by atoms with E-state index in [0.717, 1.165) is 23.1 Å². The van der Waals surface area contributed by atoms with Crippen molar-refractivity contribution in [3.8, 4) is 0 Å². The van der Waals surface area contributed by atoms with Crippen LogP contribution >= 0.6 is 23.1 Å². The van der Waals surface area contributed by atoms with Crippen molar-refractivity contribution in [2.45, 2.75) is 22.8 Å². The molecule has 0 bridgehead atoms. The van der Waals surface area contributed by atoms with E-state index >= 15 is 0 Å². The van der Waals surface area contributed by atoms with Gasteiger partial charge < -0.3 is 41.8 Å². The molecule has 0 radical (unpaired) electrons. The molecule has 16 heteroatoms. The van der Waals surface area contributed by atoms with Crippen LogP contribution in [0.15, 0.2) is 39.2 Å². The van der Waals surface area contributed by atoms with Gasteiger partial charge in [0.25, 0.3) is 5.91 Å². The number of aromatic nitrogens is 2. The number of piperidine rings is 1. The van der Waals surface area contributed by atoms with Crippen LogP contribution in [0.4, 0.5) is 26.1 Å². The van der Waals surface area contributed by atoms with E-state index < -0.39 is 36.0 Å². The summed E-state index contributed by atoms with van der Waals surface area (Å²) in [7, 11) is 0. The van der Waals surface area contributed by atoms with Crippen molar-refractivity contribution >= 4 is 63.5 Å². The number of likely N-dealkylation sites (tertiary alicyclic amines) is 1. The summed E-state index contributed by atoms with van der Waals surface area (Å²) in [5.41, 5.74) is 11.4. The molecule has 3 atom stereocenters. The fourth-order valence-corrected chi connectivity index (χ4v) is 6.51. The predicted molar refractivity (Wildman–Crippen MR) is 120 cm³/mol. The maximum atomic E-state index is 13.0. The smallest absolute Gasteiger partial charge is 0.543 e. The van der Waals surface area contributed by atoms with Gasteiger partial charge in [0.2, 0.25) is 5.13 Å². The van der Waals surface area contributed by atoms with Crippen LogP contribution in [-0.4, -0.2) is 62.6 Å². The Bertz CT molecular complexity index is 1250. The van der Waals surface area contributed by atoms with Gasteiger partial charge in [0, 0.05) is 28.7 Å². The molecule has 4 heterocycles. The zero-order valence-corrected chi connectivity index (χ0v) is 21.9. The molecule has 1 aromatic heterocycles. The van der Waals surface area contributed by atoms with E-state index in [4.69, 9.17) is 11.5 Å². The number of carboxylic acid groups (broad SMARTS) is 1. The Hall–Kier alpha value is -2.85. The van der Waals surface area contributed by atoms with Gasteiger partial charge >= 0.3 is 41.6 Å². The molecule has 3 aliphatic rings. The number of thioether (sulfide) groups is 1. The van der Waals surface area contributed by atoms with Crippen molar-refractivity contribution < 1.29 is 53.8 Å². The number of carbonyl (C=O) groups is 4. The number of primary amides is 1. The molecule has 3 aliphatic heterocycles. The molecule has 176 valence electrons. The minimum absolute atomic E-state index is 0. The van der Waals surface area contributed by atoms with Crippen LogP contribution in [0.2, 0.25) is 0 Å². The van der Waals surface area contributed by atoms with E-state index in [1.807, 2.05) is 0 Å². The van der Waals surface area contributed by atoms with Crippen molar-refractivity contribution in [3.63, 3.8) is 0 Å². The number of hydrogen-bond acceptors (Lipinski definition) is 10. The summed E-state index contributed by atoms with van der Waals surface area (Å²) >= 11 is 2.23. The average molecular weight is 525 g/mol. The first-order chi connectivity index (χ1) is 16.2. The van der Waals surface area contributed by atoms with Crippen LogP contribution in [0, 0.1) is 5.92 Å². The first-order valence-corrected chi connectivity index (χ1v) is 11.7. The number of nitrogens with two attached hydrogens (primary N) is 2. The number of hydrogen-bond donors (Lipinski definition) is 4. The van der Waals surface area contributed by atoms with Gasteiger partial charge in [-0.2, -0.15) is 0 Å². The topological polar surface area (TPSA) is 200 Å². The van der Waals surface area contributed by atoms with Gasteiger partial charge in [-0.15, -0.1) is 10.2 Å². The van der Waals surface area contributed by atoms with Crippen molar-refractivity contribution in [1.82, 2.24) is 20.0 Å². The molecular weight excluding hydrogens is 507 g/mol. The van der Waals surface area contributed by atoms with Crippen LogP contribution in [0.3, 0.4) is 0 Å². The summed E-state index contributed by atoms with van der Waals surface area (Å²) in [4.78, 5) is 51.9. The third-order valence-electron chi connectivity index (χ3n) is 5.83. The van der Waals surface area contributed by atoms with Crippen molar-refractivity contribution in [3.05, 3.63) is 34.9 Å². The Morgan fingerprint density at radius 1 is 1.14 bits per heavy atom. The Morgan fingerprint density at radius 3 is 2.37 bits per heavy atom. The molecule has 0 aliphatic carbocycles. The first-order valence-electron chi connectivity index (χ1n) is 10.0. The normalized spacial score (nSPS) is 22.2. The molecule has 1 aromatic carbocycles. The van der Waals surface area contributed by atoms with Crippen molar-refractivity contribution in [1.29, 1.82) is 0 Å². The largest absolute Gasteiger partial charge is 1.00 e. The maximum absolute atomic E-state index is 13.0. The Morgan fingerprint density at radius 2 is 1.80 bits per heavy atom. The second-order valence-corrected chi connectivity index (χ2v) is 10.0. The SMILES string of the molecule is NC(=O)Nc1ccc(NC(=O)N2CCC3C(Sc4nnc(N)s4)=C(C(=O)[O-])N4C(=O)[C@@H]2[C@@H]34)cc1.[Na+]. The Balaban J connectivity index is 0.00000289. The fourth-order valence-electron chi connectivity index (χ4n) is 4.52. The van der Waals surface area contributed by atoms with E-state index in [9.17, 15) is 24.3 Å². The Labute approximate surface area is 228 Å². The summed E-state index contributed by atoms with van der Waals surface area (Å²) in [6.07, 6.45) is 0.452. The number of benzene rings is 1. The van der Waals surface area contributed by atoms with Crippen LogP contribution in [0.1, 0.15) is 6.42 Å². The number of nitrogens with one attached hydrogen (secondary N) is 2. The van der Waals surface area contributed by atoms with E-state index in [2.05, 4.69) is 20.8 Å². The summed E-state index contributed by atoms with van der Waals surface area (Å²) in [5, 5.41) is 25.0. The average Bonchev–Trinajstić information content (AvgIpc) is 3.34. The Kier molecular flexibility index (Phi) is 6.97. The molecule has 35 heavy (non-hydrogen) atoms. The van der Waals surface area contributed by atoms with Crippen LogP contribution in [-0.2, 0) is 9.59 Å². The van der Waals surface area contributed by atoms with E-state index in [1.165, 1.54) is 9.80 Å². The van der Waals surface area contributed by atoms with Gasteiger partial charge in [-0.1, -0.05) is 23.1 Å². The third-order valence-corrected chi connectivity index (χ3v) is 7.85. The van der Waals surface area contributed by atoms with Crippen LogP contribution in [0.25, 0.3) is 0 Å². The first kappa shape index (κ1) is 25.2. The summed E-state index contributed by atoms with van der Waals surface area (Å²) in [6, 6.07) is 3.83. The van der Waals surface area contributed by atoms with Gasteiger partial charge in [-0.25, -0.2) is 9.59 Å². The third kappa shape index (κ3) is 4.45. The van der Waals surface area contributed by atoms with Crippen molar-refractivity contribution in [2.75, 3.05) is 22.9 Å². The molecule has 13 nitrogen and oxygen atoms in total. The fraction of sp³-hybridized carbons (Fsp3) is 0.263. The van der Waals surface area contributed by atoms with E-state index in [1.54, 1.807) is 24.3 Å². The molecule has 5 amide bonds. The molecule has 2 fully saturated rings. The number of aliphatic carboxylic acids is 1. The van der Waals surface area contributed by atoms with Gasteiger partial charge in [-0.05, 0) is 30.7 Å². The van der Waals surface area contributed by atoms with Crippen LogP contribution in [0.5, 0.6) is 0 Å². The van der Waals surface area contributed by atoms with Gasteiger partial charge in [0.05, 0.1) is 17.7 Å². The number of carboxylic acids is 1. The molecule has 5 rings (SSSR count). The second kappa shape index (κ2) is 9.66. The van der Waals surface area contributed by atoms with E-state index in [0.29, 0.717) is 27.0 Å². The molecule has 2 aromatic rings. The number of nitrogens with zero attached hydrogens (tertiary/aromatic N) is 4. The molecule has 0 spiro atoms. The molecule has 2 saturated heterocycles. The number of urea groups is 2. The minimum Gasteiger partial charge on any atom is -0.543 e. The number of carbonyl (C=O) groups excluding carboxylic acids is 4. The zero-order valence-electron chi connectivity index (χ0n) is 18.3. The molecular formula is C19H17N8NaO5S2. The van der Waals surface area contributed by atoms with Crippen LogP contribution < -0.4 is 56.8 Å². The van der Waals surface area contributed by atoms with Crippen molar-refractivity contribution in [2.24, 2.45) is 11.7 Å². The molecule has 1 unspecified atom stereocenters. The number of β-lactam (4-membered cyclic amide) rings is 1. The van der Waals surface area contributed by atoms with Gasteiger partial charge in [0.15, 0.2) is 4.34 Å². The van der Waals surface area contributed by atoms with Gasteiger partial charge in [0.1, 0.15) is 6.04 Å². The zero-order chi connectivity index (χ0) is 24.1. The maximum Gasteiger partial charge on any atom is 1.00 e. The predicted octanol–water partition coefficient (Wildman–Crippen LogP) is -3.18. The number of nitrogen functional groups attached to an aromatic ring is 1. The summed E-state index contributed by atoms with van der Waals surface area (Å²) < 4.78 is 0.465. The standard InChI is InChI=1S/C19H18N8O5S2.Na/c20-16(31)22-7-1-3-8(4-2-7)23-18(32)26-6-5-9-10-11(26)14(28)27(10)12(15(29)30)13(9)33-19-25-24-17(21)34-19;/h1-4,9-11H,5-6H2,(H2,21,24)(H,23,32)(H,29,30)(H3,20,22,31);/q;+1/p-1/t9?,10-,11+;/m1./s1.